The summed E-state index contributed by atoms with van der Waals surface area (Å²) >= 11 is 0. The van der Waals surface area contributed by atoms with Crippen molar-refractivity contribution in [3.8, 4) is 17.6 Å². The van der Waals surface area contributed by atoms with E-state index in [1.165, 1.54) is 0 Å². The molecular formula is C24H36N6O3. The Morgan fingerprint density at radius 1 is 0.576 bits per heavy atom. The van der Waals surface area contributed by atoms with Crippen molar-refractivity contribution in [2.45, 2.75) is 59.3 Å². The Hall–Kier alpha value is -3.36. The fourth-order valence-electron chi connectivity index (χ4n) is 2.36. The molecule has 0 N–H and O–H groups in total. The van der Waals surface area contributed by atoms with Crippen molar-refractivity contribution in [2.24, 2.45) is 0 Å². The molecule has 0 atom stereocenters. The maximum atomic E-state index is 5.03. The number of aromatic nitrogens is 6. The van der Waals surface area contributed by atoms with Crippen molar-refractivity contribution >= 4 is 0 Å². The number of nitrogens with zero attached hydrogens (tertiary/aromatic N) is 6. The summed E-state index contributed by atoms with van der Waals surface area (Å²) in [6.45, 7) is 12.4. The molecule has 0 fully saturated rings. The van der Waals surface area contributed by atoms with Crippen molar-refractivity contribution in [1.29, 1.82) is 0 Å². The predicted molar refractivity (Wildman–Crippen MR) is 128 cm³/mol. The summed E-state index contributed by atoms with van der Waals surface area (Å²) in [6.07, 6.45) is 10.0. The number of rotatable bonds is 6. The van der Waals surface area contributed by atoms with Gasteiger partial charge in [-0.15, -0.1) is 0 Å². The Balaban J connectivity index is 0.000000247. The van der Waals surface area contributed by atoms with E-state index in [0.29, 0.717) is 35.4 Å². The van der Waals surface area contributed by atoms with Crippen LogP contribution in [0.4, 0.5) is 0 Å². The van der Waals surface area contributed by atoms with E-state index >= 15 is 0 Å². The lowest BCUT2D eigenvalue weighted by Crippen LogP contribution is -1.99. The van der Waals surface area contributed by atoms with Crippen LogP contribution in [0.5, 0.6) is 17.6 Å². The lowest BCUT2D eigenvalue weighted by molar-refractivity contribution is 0.386. The molecule has 0 unspecified atom stereocenters. The zero-order valence-electron chi connectivity index (χ0n) is 21.1. The van der Waals surface area contributed by atoms with Gasteiger partial charge in [-0.2, -0.15) is 0 Å². The van der Waals surface area contributed by atoms with E-state index in [-0.39, 0.29) is 0 Å². The molecule has 3 heterocycles. The topological polar surface area (TPSA) is 105 Å². The molecule has 0 spiro atoms. The number of hydrogen-bond acceptors (Lipinski definition) is 9. The van der Waals surface area contributed by atoms with Crippen LogP contribution in [-0.4, -0.2) is 51.2 Å². The van der Waals surface area contributed by atoms with Crippen LogP contribution in [0.15, 0.2) is 37.2 Å². The Kier molecular flexibility index (Phi) is 12.3. The van der Waals surface area contributed by atoms with Crippen LogP contribution in [0.3, 0.4) is 0 Å². The van der Waals surface area contributed by atoms with Crippen LogP contribution in [0, 0.1) is 0 Å². The lowest BCUT2D eigenvalue weighted by atomic mass is 10.1. The second kappa shape index (κ2) is 14.7. The van der Waals surface area contributed by atoms with Crippen LogP contribution < -0.4 is 14.2 Å². The number of ether oxygens (including phenoxy) is 3. The van der Waals surface area contributed by atoms with Crippen molar-refractivity contribution in [3.63, 3.8) is 0 Å². The van der Waals surface area contributed by atoms with Crippen LogP contribution in [-0.2, 0) is 0 Å². The first-order valence-electron chi connectivity index (χ1n) is 10.8. The van der Waals surface area contributed by atoms with Gasteiger partial charge in [0.15, 0.2) is 0 Å². The highest BCUT2D eigenvalue weighted by Crippen LogP contribution is 2.19. The van der Waals surface area contributed by atoms with Crippen LogP contribution in [0.25, 0.3) is 0 Å². The Morgan fingerprint density at radius 2 is 1.21 bits per heavy atom. The molecule has 9 nitrogen and oxygen atoms in total. The van der Waals surface area contributed by atoms with E-state index in [1.54, 1.807) is 58.5 Å². The van der Waals surface area contributed by atoms with Gasteiger partial charge >= 0.3 is 0 Å². The van der Waals surface area contributed by atoms with Gasteiger partial charge in [0.25, 0.3) is 0 Å². The van der Waals surface area contributed by atoms with Gasteiger partial charge in [0.05, 0.1) is 51.3 Å². The highest BCUT2D eigenvalue weighted by atomic mass is 16.5. The fourth-order valence-corrected chi connectivity index (χ4v) is 2.36. The SMILES string of the molecule is COc1cnc(C(C)C)cn1.COc1cncc(C(C)C)n1.COc1nccnc1C(C)C. The molecule has 0 aliphatic heterocycles. The minimum absolute atomic E-state index is 0.360. The molecule has 0 amide bonds. The predicted octanol–water partition coefficient (Wildman–Crippen LogP) is 4.83. The minimum Gasteiger partial charge on any atom is -0.480 e. The molecule has 33 heavy (non-hydrogen) atoms. The van der Waals surface area contributed by atoms with Gasteiger partial charge in [0.2, 0.25) is 17.6 Å². The summed E-state index contributed by atoms with van der Waals surface area (Å²) in [5, 5.41) is 0. The smallest absolute Gasteiger partial charge is 0.235 e. The zero-order chi connectivity index (χ0) is 24.8. The summed E-state index contributed by atoms with van der Waals surface area (Å²) < 4.78 is 14.8. The summed E-state index contributed by atoms with van der Waals surface area (Å²) in [5.41, 5.74) is 2.87. The largest absolute Gasteiger partial charge is 0.480 e. The Bertz CT molecular complexity index is 933. The minimum atomic E-state index is 0.360. The van der Waals surface area contributed by atoms with E-state index < -0.39 is 0 Å². The normalized spacial score (nSPS) is 10.2. The lowest BCUT2D eigenvalue weighted by Gasteiger charge is -2.07. The molecule has 0 bridgehead atoms. The molecule has 0 radical (unpaired) electrons. The summed E-state index contributed by atoms with van der Waals surface area (Å²) in [5.74, 6) is 2.96. The summed E-state index contributed by atoms with van der Waals surface area (Å²) in [6, 6.07) is 0. The second-order valence-corrected chi connectivity index (χ2v) is 7.88. The first-order chi connectivity index (χ1) is 15.7. The number of hydrogen-bond donors (Lipinski definition) is 0. The highest BCUT2D eigenvalue weighted by Gasteiger charge is 2.08. The average Bonchev–Trinajstić information content (AvgIpc) is 2.84. The third-order valence-corrected chi connectivity index (χ3v) is 4.31. The van der Waals surface area contributed by atoms with E-state index in [2.05, 4.69) is 71.4 Å². The average molecular weight is 457 g/mol. The Labute approximate surface area is 197 Å². The number of methoxy groups -OCH3 is 3. The molecule has 0 aliphatic rings. The van der Waals surface area contributed by atoms with Crippen molar-refractivity contribution in [2.75, 3.05) is 21.3 Å². The molecule has 0 aromatic carbocycles. The molecule has 0 saturated carbocycles. The van der Waals surface area contributed by atoms with Gasteiger partial charge < -0.3 is 14.2 Å². The first-order valence-corrected chi connectivity index (χ1v) is 10.8. The van der Waals surface area contributed by atoms with Gasteiger partial charge in [-0.25, -0.2) is 15.0 Å². The molecule has 180 valence electrons. The fraction of sp³-hybridized carbons (Fsp3) is 0.500. The quantitative estimate of drug-likeness (QED) is 0.516. The Morgan fingerprint density at radius 3 is 1.67 bits per heavy atom. The van der Waals surface area contributed by atoms with E-state index in [1.807, 2.05) is 0 Å². The van der Waals surface area contributed by atoms with E-state index in [4.69, 9.17) is 14.2 Å². The maximum Gasteiger partial charge on any atom is 0.235 e. The van der Waals surface area contributed by atoms with Gasteiger partial charge in [-0.3, -0.25) is 15.0 Å². The third kappa shape index (κ3) is 9.76. The third-order valence-electron chi connectivity index (χ3n) is 4.31. The molecule has 9 heteroatoms. The zero-order valence-corrected chi connectivity index (χ0v) is 21.1. The molecule has 3 rings (SSSR count). The molecule has 0 saturated heterocycles. The van der Waals surface area contributed by atoms with E-state index in [0.717, 1.165) is 17.1 Å². The van der Waals surface area contributed by atoms with Crippen molar-refractivity contribution in [1.82, 2.24) is 29.9 Å². The van der Waals surface area contributed by atoms with Crippen molar-refractivity contribution in [3.05, 3.63) is 54.3 Å². The van der Waals surface area contributed by atoms with Gasteiger partial charge in [-0.1, -0.05) is 41.5 Å². The van der Waals surface area contributed by atoms with Crippen LogP contribution >= 0.6 is 0 Å². The molecule has 3 aromatic heterocycles. The second-order valence-electron chi connectivity index (χ2n) is 7.88. The van der Waals surface area contributed by atoms with Gasteiger partial charge in [0.1, 0.15) is 5.69 Å². The summed E-state index contributed by atoms with van der Waals surface area (Å²) in [7, 11) is 4.78. The standard InChI is InChI=1S/3C8H12N2O/c1-6(2)7-4-10-8(11-3)5-9-7;1-6(2)7-4-9-5-8(10-7)11-3;1-6(2)7-8(11-3)10-5-4-9-7/h3*4-6H,1-3H3. The first kappa shape index (κ1) is 27.7. The highest BCUT2D eigenvalue weighted by molar-refractivity contribution is 5.20. The monoisotopic (exact) mass is 456 g/mol. The van der Waals surface area contributed by atoms with Crippen LogP contribution in [0.1, 0.15) is 76.4 Å². The molecule has 3 aromatic rings. The molecule has 0 aliphatic carbocycles. The van der Waals surface area contributed by atoms with Crippen molar-refractivity contribution < 1.29 is 14.2 Å². The van der Waals surface area contributed by atoms with Crippen LogP contribution in [0.2, 0.25) is 0 Å². The maximum absolute atomic E-state index is 5.03. The molecular weight excluding hydrogens is 420 g/mol. The van der Waals surface area contributed by atoms with Gasteiger partial charge in [-0.05, 0) is 11.8 Å². The summed E-state index contributed by atoms with van der Waals surface area (Å²) in [4.78, 5) is 24.6. The van der Waals surface area contributed by atoms with Gasteiger partial charge in [0, 0.05) is 24.5 Å². The van der Waals surface area contributed by atoms with E-state index in [9.17, 15) is 0 Å².